The summed E-state index contributed by atoms with van der Waals surface area (Å²) in [7, 11) is 0. The van der Waals surface area contributed by atoms with E-state index < -0.39 is 0 Å². The van der Waals surface area contributed by atoms with Gasteiger partial charge >= 0.3 is 0 Å². The summed E-state index contributed by atoms with van der Waals surface area (Å²) < 4.78 is 2.12. The zero-order valence-electron chi connectivity index (χ0n) is 16.8. The first-order valence-electron chi connectivity index (χ1n) is 9.73. The number of nitrogens with one attached hydrogen (secondary N) is 1. The van der Waals surface area contributed by atoms with Crippen LogP contribution in [0.25, 0.3) is 5.13 Å². The van der Waals surface area contributed by atoms with Gasteiger partial charge in [0.15, 0.2) is 0 Å². The van der Waals surface area contributed by atoms with E-state index in [2.05, 4.69) is 51.0 Å². The molecule has 3 aromatic rings. The first-order chi connectivity index (χ1) is 13.9. The number of nitrogens with zero attached hydrogens (tertiary/aromatic N) is 4. The minimum Gasteiger partial charge on any atom is -0.347 e. The minimum absolute atomic E-state index is 0.00680. The molecule has 0 bridgehead atoms. The van der Waals surface area contributed by atoms with E-state index in [1.807, 2.05) is 19.1 Å². The number of hydrogen-bond donors (Lipinski definition) is 1. The van der Waals surface area contributed by atoms with Crippen LogP contribution in [0, 0.1) is 26.7 Å². The van der Waals surface area contributed by atoms with Gasteiger partial charge in [0.2, 0.25) is 16.2 Å². The van der Waals surface area contributed by atoms with E-state index in [4.69, 9.17) is 11.6 Å². The van der Waals surface area contributed by atoms with Crippen molar-refractivity contribution in [2.75, 3.05) is 23.3 Å². The molecule has 1 aliphatic heterocycles. The van der Waals surface area contributed by atoms with Crippen LogP contribution < -0.4 is 10.2 Å². The molecule has 4 rings (SSSR count). The van der Waals surface area contributed by atoms with Gasteiger partial charge in [-0.15, -0.1) is 10.2 Å². The van der Waals surface area contributed by atoms with Gasteiger partial charge < -0.3 is 10.2 Å². The van der Waals surface area contributed by atoms with Crippen LogP contribution in [0.3, 0.4) is 0 Å². The topological polar surface area (TPSA) is 63.1 Å². The highest BCUT2D eigenvalue weighted by molar-refractivity contribution is 7.17. The van der Waals surface area contributed by atoms with Crippen LogP contribution >= 0.6 is 22.9 Å². The van der Waals surface area contributed by atoms with Crippen molar-refractivity contribution in [2.24, 2.45) is 5.92 Å². The quantitative estimate of drug-likeness (QED) is 0.649. The van der Waals surface area contributed by atoms with Gasteiger partial charge in [-0.25, -0.2) is 0 Å². The zero-order chi connectivity index (χ0) is 20.5. The zero-order valence-corrected chi connectivity index (χ0v) is 18.3. The van der Waals surface area contributed by atoms with E-state index in [0.717, 1.165) is 58.8 Å². The van der Waals surface area contributed by atoms with Crippen LogP contribution in [0.15, 0.2) is 30.3 Å². The molecular weight excluding hydrogens is 406 g/mol. The molecule has 1 saturated heterocycles. The second-order valence-electron chi connectivity index (χ2n) is 7.53. The molecular formula is C21H24ClN5OS. The van der Waals surface area contributed by atoms with Crippen LogP contribution in [0.4, 0.5) is 10.8 Å². The van der Waals surface area contributed by atoms with Gasteiger partial charge in [-0.2, -0.15) is 0 Å². The van der Waals surface area contributed by atoms with Crippen LogP contribution in [0.2, 0.25) is 5.02 Å². The summed E-state index contributed by atoms with van der Waals surface area (Å²) in [5.41, 5.74) is 4.05. The maximum absolute atomic E-state index is 12.6. The molecule has 1 fully saturated rings. The van der Waals surface area contributed by atoms with Crippen LogP contribution in [0.5, 0.6) is 0 Å². The minimum atomic E-state index is -0.00680. The highest BCUT2D eigenvalue weighted by Gasteiger charge is 2.27. The second kappa shape index (κ2) is 8.16. The Morgan fingerprint density at radius 3 is 2.38 bits per heavy atom. The average molecular weight is 430 g/mol. The number of aromatic nitrogens is 3. The molecule has 0 radical (unpaired) electrons. The first kappa shape index (κ1) is 19.9. The van der Waals surface area contributed by atoms with Gasteiger partial charge in [0.25, 0.3) is 0 Å². The molecule has 6 nitrogen and oxygen atoms in total. The molecule has 8 heteroatoms. The van der Waals surface area contributed by atoms with E-state index >= 15 is 0 Å². The van der Waals surface area contributed by atoms with Crippen molar-refractivity contribution in [3.05, 3.63) is 52.3 Å². The Balaban J connectivity index is 1.37. The van der Waals surface area contributed by atoms with Crippen molar-refractivity contribution in [3.63, 3.8) is 0 Å². The van der Waals surface area contributed by atoms with Crippen molar-refractivity contribution < 1.29 is 4.79 Å². The number of rotatable bonds is 4. The molecule has 1 aliphatic rings. The fourth-order valence-corrected chi connectivity index (χ4v) is 4.84. The Hall–Kier alpha value is -2.38. The fourth-order valence-electron chi connectivity index (χ4n) is 3.64. The van der Waals surface area contributed by atoms with E-state index in [1.54, 1.807) is 17.4 Å². The lowest BCUT2D eigenvalue weighted by atomic mass is 9.96. The Labute approximate surface area is 179 Å². The largest absolute Gasteiger partial charge is 0.347 e. The molecule has 1 amide bonds. The molecule has 0 atom stereocenters. The van der Waals surface area contributed by atoms with Crippen LogP contribution in [-0.2, 0) is 4.79 Å². The molecule has 29 heavy (non-hydrogen) atoms. The van der Waals surface area contributed by atoms with Crippen molar-refractivity contribution in [1.29, 1.82) is 0 Å². The number of piperidine rings is 1. The summed E-state index contributed by atoms with van der Waals surface area (Å²) in [5, 5.41) is 14.2. The third kappa shape index (κ3) is 4.16. The predicted molar refractivity (Wildman–Crippen MR) is 118 cm³/mol. The van der Waals surface area contributed by atoms with Crippen molar-refractivity contribution in [1.82, 2.24) is 14.8 Å². The van der Waals surface area contributed by atoms with Gasteiger partial charge in [0.05, 0.1) is 0 Å². The number of amides is 1. The molecule has 1 aromatic carbocycles. The molecule has 2 aromatic heterocycles. The molecule has 0 saturated carbocycles. The van der Waals surface area contributed by atoms with Gasteiger partial charge in [0, 0.05) is 41.1 Å². The highest BCUT2D eigenvalue weighted by atomic mass is 35.5. The Morgan fingerprint density at radius 1 is 1.07 bits per heavy atom. The summed E-state index contributed by atoms with van der Waals surface area (Å²) in [6.45, 7) is 7.68. The maximum atomic E-state index is 12.6. The number of benzene rings is 1. The Kier molecular flexibility index (Phi) is 5.61. The normalized spacial score (nSPS) is 15.0. The van der Waals surface area contributed by atoms with Crippen molar-refractivity contribution in [3.8, 4) is 5.13 Å². The second-order valence-corrected chi connectivity index (χ2v) is 8.87. The summed E-state index contributed by atoms with van der Waals surface area (Å²) >= 11 is 7.75. The summed E-state index contributed by atoms with van der Waals surface area (Å²) in [6.07, 6.45) is 1.59. The highest BCUT2D eigenvalue weighted by Crippen LogP contribution is 2.30. The molecule has 0 aliphatic carbocycles. The lowest BCUT2D eigenvalue weighted by Crippen LogP contribution is -2.38. The monoisotopic (exact) mass is 429 g/mol. The Bertz CT molecular complexity index is 1020. The van der Waals surface area contributed by atoms with Crippen molar-refractivity contribution >= 4 is 39.7 Å². The number of carbonyl (C=O) groups excluding carboxylic acids is 1. The standard InChI is InChI=1S/C21H24ClN5OS/c1-13-4-7-17(12-18(13)22)23-19(28)16-8-10-26(11-9-16)20-24-25-21(29-20)27-14(2)5-6-15(27)3/h4-7,12,16H,8-11H2,1-3H3,(H,23,28). The van der Waals surface area contributed by atoms with E-state index in [-0.39, 0.29) is 11.8 Å². The van der Waals surface area contributed by atoms with Gasteiger partial charge in [0.1, 0.15) is 0 Å². The third-order valence-electron chi connectivity index (χ3n) is 5.44. The number of halogens is 1. The van der Waals surface area contributed by atoms with E-state index in [9.17, 15) is 4.79 Å². The van der Waals surface area contributed by atoms with Crippen LogP contribution in [0.1, 0.15) is 29.8 Å². The van der Waals surface area contributed by atoms with Gasteiger partial charge in [-0.05, 0) is 63.4 Å². The molecule has 3 heterocycles. The predicted octanol–water partition coefficient (Wildman–Crippen LogP) is 4.76. The Morgan fingerprint density at radius 2 is 1.72 bits per heavy atom. The number of aryl methyl sites for hydroxylation is 3. The van der Waals surface area contributed by atoms with Crippen LogP contribution in [-0.4, -0.2) is 33.8 Å². The summed E-state index contributed by atoms with van der Waals surface area (Å²) in [5.74, 6) is 0.0498. The third-order valence-corrected chi connectivity index (χ3v) is 6.82. The fraction of sp³-hybridized carbons (Fsp3) is 0.381. The average Bonchev–Trinajstić information content (AvgIpc) is 3.31. The lowest BCUT2D eigenvalue weighted by Gasteiger charge is -2.30. The first-order valence-corrected chi connectivity index (χ1v) is 10.9. The lowest BCUT2D eigenvalue weighted by molar-refractivity contribution is -0.120. The van der Waals surface area contributed by atoms with E-state index in [1.165, 1.54) is 0 Å². The summed E-state index contributed by atoms with van der Waals surface area (Å²) in [4.78, 5) is 14.9. The number of anilines is 2. The van der Waals surface area contributed by atoms with E-state index in [0.29, 0.717) is 5.02 Å². The molecule has 1 N–H and O–H groups in total. The molecule has 0 spiro atoms. The van der Waals surface area contributed by atoms with Gasteiger partial charge in [-0.3, -0.25) is 9.36 Å². The maximum Gasteiger partial charge on any atom is 0.227 e. The van der Waals surface area contributed by atoms with Crippen molar-refractivity contribution in [2.45, 2.75) is 33.6 Å². The van der Waals surface area contributed by atoms with Gasteiger partial charge in [-0.1, -0.05) is 29.0 Å². The number of hydrogen-bond acceptors (Lipinski definition) is 5. The smallest absolute Gasteiger partial charge is 0.227 e. The summed E-state index contributed by atoms with van der Waals surface area (Å²) in [6, 6.07) is 9.78. The SMILES string of the molecule is Cc1ccc(NC(=O)C2CCN(c3nnc(-n4c(C)ccc4C)s3)CC2)cc1Cl. The molecule has 152 valence electrons. The molecule has 0 unspecified atom stereocenters. The number of carbonyl (C=O) groups is 1.